The first-order chi connectivity index (χ1) is 16.6. The van der Waals surface area contributed by atoms with E-state index < -0.39 is 0 Å². The van der Waals surface area contributed by atoms with E-state index in [0.29, 0.717) is 31.6 Å². The smallest absolute Gasteiger partial charge is 0.228 e. The van der Waals surface area contributed by atoms with E-state index >= 15 is 0 Å². The van der Waals surface area contributed by atoms with Gasteiger partial charge in [-0.2, -0.15) is 0 Å². The molecule has 2 aliphatic rings. The molecule has 2 saturated heterocycles. The van der Waals surface area contributed by atoms with Crippen molar-refractivity contribution in [2.24, 2.45) is 11.3 Å². The summed E-state index contributed by atoms with van der Waals surface area (Å²) < 4.78 is 5.94. The maximum absolute atomic E-state index is 13.7. The van der Waals surface area contributed by atoms with Gasteiger partial charge >= 0.3 is 0 Å². The molecular formula is C29H35N3O2. The van der Waals surface area contributed by atoms with Crippen molar-refractivity contribution in [2.45, 2.75) is 32.7 Å². The summed E-state index contributed by atoms with van der Waals surface area (Å²) in [6.45, 7) is 7.88. The highest BCUT2D eigenvalue weighted by Gasteiger charge is 2.40. The predicted molar refractivity (Wildman–Crippen MR) is 135 cm³/mol. The number of rotatable bonds is 5. The minimum atomic E-state index is -0.280. The normalized spacial score (nSPS) is 21.3. The Morgan fingerprint density at radius 2 is 1.85 bits per heavy atom. The lowest BCUT2D eigenvalue weighted by Crippen LogP contribution is -2.50. The molecule has 2 fully saturated rings. The average Bonchev–Trinajstić information content (AvgIpc) is 3.11. The van der Waals surface area contributed by atoms with Crippen LogP contribution >= 0.6 is 0 Å². The second kappa shape index (κ2) is 10.2. The van der Waals surface area contributed by atoms with Crippen molar-refractivity contribution in [1.29, 1.82) is 0 Å². The third-order valence-corrected chi connectivity index (χ3v) is 7.58. The number of piperidine rings is 1. The van der Waals surface area contributed by atoms with Crippen LogP contribution < -0.4 is 0 Å². The Kier molecular flexibility index (Phi) is 6.93. The molecule has 1 atom stereocenters. The van der Waals surface area contributed by atoms with Gasteiger partial charge in [0.15, 0.2) is 0 Å². The second-order valence-corrected chi connectivity index (χ2v) is 10.3. The van der Waals surface area contributed by atoms with Crippen molar-refractivity contribution in [3.63, 3.8) is 0 Å². The lowest BCUT2D eigenvalue weighted by Gasteiger charge is -2.41. The molecule has 0 bridgehead atoms. The number of pyridine rings is 1. The molecule has 2 aromatic carbocycles. The van der Waals surface area contributed by atoms with Crippen LogP contribution in [-0.2, 0) is 22.5 Å². The van der Waals surface area contributed by atoms with Crippen molar-refractivity contribution in [1.82, 2.24) is 14.8 Å². The Bertz CT molecular complexity index is 1110. The SMILES string of the molecule is CC1(C(=O)N2CCOC[C@H](Cc3ccc4cnccc4c3)C2)CCN(Cc2ccccc2)CC1. The number of hydrogen-bond donors (Lipinski definition) is 0. The van der Waals surface area contributed by atoms with Crippen LogP contribution in [0.1, 0.15) is 30.9 Å². The number of fused-ring (bicyclic) bond motifs is 1. The average molecular weight is 458 g/mol. The zero-order valence-electron chi connectivity index (χ0n) is 20.2. The Balaban J connectivity index is 1.20. The molecule has 0 unspecified atom stereocenters. The number of carbonyl (C=O) groups is 1. The second-order valence-electron chi connectivity index (χ2n) is 10.3. The first-order valence-corrected chi connectivity index (χ1v) is 12.6. The summed E-state index contributed by atoms with van der Waals surface area (Å²) in [5.41, 5.74) is 2.36. The van der Waals surface area contributed by atoms with Gasteiger partial charge in [0.25, 0.3) is 0 Å². The molecule has 5 heteroatoms. The molecule has 0 radical (unpaired) electrons. The fourth-order valence-electron chi connectivity index (χ4n) is 5.42. The molecule has 5 rings (SSSR count). The number of ether oxygens (including phenoxy) is 1. The summed E-state index contributed by atoms with van der Waals surface area (Å²) >= 11 is 0. The van der Waals surface area contributed by atoms with Gasteiger partial charge < -0.3 is 9.64 Å². The molecule has 34 heavy (non-hydrogen) atoms. The van der Waals surface area contributed by atoms with Gasteiger partial charge in [0.05, 0.1) is 13.2 Å². The molecule has 0 N–H and O–H groups in total. The van der Waals surface area contributed by atoms with Crippen LogP contribution in [0.15, 0.2) is 67.0 Å². The van der Waals surface area contributed by atoms with Gasteiger partial charge in [-0.05, 0) is 54.9 Å². The van der Waals surface area contributed by atoms with Crippen molar-refractivity contribution in [3.8, 4) is 0 Å². The van der Waals surface area contributed by atoms with Crippen LogP contribution in [0.4, 0.5) is 0 Å². The number of nitrogens with zero attached hydrogens (tertiary/aromatic N) is 3. The van der Waals surface area contributed by atoms with E-state index in [2.05, 4.69) is 76.3 Å². The maximum Gasteiger partial charge on any atom is 0.228 e. The van der Waals surface area contributed by atoms with Gasteiger partial charge in [0.2, 0.25) is 5.91 Å². The van der Waals surface area contributed by atoms with E-state index in [1.807, 2.05) is 12.4 Å². The molecular weight excluding hydrogens is 422 g/mol. The third kappa shape index (κ3) is 5.31. The number of amides is 1. The lowest BCUT2D eigenvalue weighted by molar-refractivity contribution is -0.144. The van der Waals surface area contributed by atoms with E-state index in [1.54, 1.807) is 0 Å². The molecule has 0 saturated carbocycles. The van der Waals surface area contributed by atoms with Crippen LogP contribution in [0.5, 0.6) is 0 Å². The largest absolute Gasteiger partial charge is 0.379 e. The fraction of sp³-hybridized carbons (Fsp3) is 0.448. The fourth-order valence-corrected chi connectivity index (χ4v) is 5.42. The Morgan fingerprint density at radius 1 is 1.03 bits per heavy atom. The molecule has 2 aliphatic heterocycles. The zero-order valence-corrected chi connectivity index (χ0v) is 20.2. The number of benzene rings is 2. The van der Waals surface area contributed by atoms with Crippen LogP contribution in [0.3, 0.4) is 0 Å². The van der Waals surface area contributed by atoms with Gasteiger partial charge in [0.1, 0.15) is 0 Å². The molecule has 0 spiro atoms. The van der Waals surface area contributed by atoms with Crippen LogP contribution in [0.25, 0.3) is 10.8 Å². The quantitative estimate of drug-likeness (QED) is 0.564. The third-order valence-electron chi connectivity index (χ3n) is 7.58. The maximum atomic E-state index is 13.7. The topological polar surface area (TPSA) is 45.7 Å². The molecule has 3 aromatic rings. The summed E-state index contributed by atoms with van der Waals surface area (Å²) in [5, 5.41) is 2.37. The van der Waals surface area contributed by atoms with Crippen LogP contribution in [0.2, 0.25) is 0 Å². The number of aromatic nitrogens is 1. The number of likely N-dealkylation sites (tertiary alicyclic amines) is 1. The highest BCUT2D eigenvalue weighted by atomic mass is 16.5. The number of carbonyl (C=O) groups excluding carboxylic acids is 1. The molecule has 5 nitrogen and oxygen atoms in total. The predicted octanol–water partition coefficient (Wildman–Crippen LogP) is 4.55. The Hall–Kier alpha value is -2.76. The van der Waals surface area contributed by atoms with Crippen LogP contribution in [-0.4, -0.2) is 60.1 Å². The summed E-state index contributed by atoms with van der Waals surface area (Å²) in [4.78, 5) is 22.5. The lowest BCUT2D eigenvalue weighted by atomic mass is 9.78. The standard InChI is InChI=1S/C29H35N3O2/c1-29(10-13-31(14-11-29)20-23-5-3-2-4-6-23)28(33)32-15-16-34-22-25(21-32)17-24-7-8-27-19-30-12-9-26(27)18-24/h2-9,12,18-19,25H,10-11,13-17,20-22H2,1H3/t25-/m1/s1. The van der Waals surface area contributed by atoms with Gasteiger partial charge in [-0.25, -0.2) is 0 Å². The first kappa shape index (κ1) is 23.0. The molecule has 1 aromatic heterocycles. The molecule has 1 amide bonds. The summed E-state index contributed by atoms with van der Waals surface area (Å²) in [6, 6.07) is 19.3. The van der Waals surface area contributed by atoms with Crippen molar-refractivity contribution in [3.05, 3.63) is 78.1 Å². The van der Waals surface area contributed by atoms with Gasteiger partial charge in [-0.15, -0.1) is 0 Å². The van der Waals surface area contributed by atoms with Gasteiger partial charge in [-0.3, -0.25) is 14.7 Å². The molecule has 178 valence electrons. The van der Waals surface area contributed by atoms with E-state index in [-0.39, 0.29) is 5.41 Å². The summed E-state index contributed by atoms with van der Waals surface area (Å²) in [5.74, 6) is 0.624. The van der Waals surface area contributed by atoms with Crippen LogP contribution in [0, 0.1) is 11.3 Å². The first-order valence-electron chi connectivity index (χ1n) is 12.6. The van der Waals surface area contributed by atoms with Crippen molar-refractivity contribution < 1.29 is 9.53 Å². The highest BCUT2D eigenvalue weighted by molar-refractivity contribution is 5.83. The minimum Gasteiger partial charge on any atom is -0.379 e. The summed E-state index contributed by atoms with van der Waals surface area (Å²) in [6.07, 6.45) is 6.50. The summed E-state index contributed by atoms with van der Waals surface area (Å²) in [7, 11) is 0. The monoisotopic (exact) mass is 457 g/mol. The van der Waals surface area contributed by atoms with Gasteiger partial charge in [-0.1, -0.05) is 55.5 Å². The van der Waals surface area contributed by atoms with Crippen molar-refractivity contribution in [2.75, 3.05) is 39.4 Å². The van der Waals surface area contributed by atoms with Gasteiger partial charge in [0, 0.05) is 48.7 Å². The van der Waals surface area contributed by atoms with E-state index in [4.69, 9.17) is 4.74 Å². The Morgan fingerprint density at radius 3 is 2.68 bits per heavy atom. The molecule has 0 aliphatic carbocycles. The van der Waals surface area contributed by atoms with E-state index in [1.165, 1.54) is 16.5 Å². The van der Waals surface area contributed by atoms with Crippen molar-refractivity contribution >= 4 is 16.7 Å². The highest BCUT2D eigenvalue weighted by Crippen LogP contribution is 2.34. The minimum absolute atomic E-state index is 0.280. The van der Waals surface area contributed by atoms with E-state index in [9.17, 15) is 4.79 Å². The molecule has 3 heterocycles. The Labute approximate surface area is 202 Å². The zero-order chi connectivity index (χ0) is 23.4. The van der Waals surface area contributed by atoms with E-state index in [0.717, 1.165) is 50.8 Å². The number of hydrogen-bond acceptors (Lipinski definition) is 4.